The van der Waals surface area contributed by atoms with Gasteiger partial charge in [-0.05, 0) is 41.7 Å². The number of methoxy groups -OCH3 is 1. The van der Waals surface area contributed by atoms with Gasteiger partial charge in [-0.1, -0.05) is 97.7 Å². The highest BCUT2D eigenvalue weighted by molar-refractivity contribution is 9.09. The van der Waals surface area contributed by atoms with Crippen LogP contribution in [0.25, 0.3) is 0 Å². The molecule has 256 valence electrons. The summed E-state index contributed by atoms with van der Waals surface area (Å²) in [5.74, 6) is -3.23. The molecule has 0 aromatic heterocycles. The zero-order valence-electron chi connectivity index (χ0n) is 27.3. The third-order valence-corrected chi connectivity index (χ3v) is 9.55. The van der Waals surface area contributed by atoms with Crippen LogP contribution in [0, 0.1) is 17.8 Å². The Hall–Kier alpha value is -3.41. The summed E-state index contributed by atoms with van der Waals surface area (Å²) in [6.45, 7) is 7.10. The minimum atomic E-state index is -1.18. The predicted octanol–water partition coefficient (Wildman–Crippen LogP) is 5.09. The van der Waals surface area contributed by atoms with Crippen molar-refractivity contribution in [1.29, 1.82) is 0 Å². The molecule has 0 aliphatic carbocycles. The second kappa shape index (κ2) is 18.2. The van der Waals surface area contributed by atoms with Gasteiger partial charge in [0.05, 0.1) is 29.0 Å². The van der Waals surface area contributed by atoms with Gasteiger partial charge in [0.2, 0.25) is 11.8 Å². The Morgan fingerprint density at radius 3 is 2.38 bits per heavy atom. The predicted molar refractivity (Wildman–Crippen MR) is 182 cm³/mol. The number of aliphatic hydroxyl groups is 1. The quantitative estimate of drug-likeness (QED) is 0.239. The van der Waals surface area contributed by atoms with E-state index in [-0.39, 0.29) is 31.7 Å². The van der Waals surface area contributed by atoms with Crippen LogP contribution in [-0.4, -0.2) is 65.6 Å². The number of hydrogen-bond donors (Lipinski definition) is 3. The molecule has 0 saturated carbocycles. The van der Waals surface area contributed by atoms with Crippen LogP contribution in [0.3, 0.4) is 0 Å². The van der Waals surface area contributed by atoms with Crippen molar-refractivity contribution in [3.63, 3.8) is 0 Å². The summed E-state index contributed by atoms with van der Waals surface area (Å²) in [6.07, 6.45) is 0.358. The number of aliphatic hydroxyl groups excluding tert-OH is 1. The number of ether oxygens (including phenoxy) is 3. The molecule has 2 aromatic carbocycles. The number of benzene rings is 2. The minimum absolute atomic E-state index is 0.00328. The average molecular weight is 736 g/mol. The third-order valence-electron chi connectivity index (χ3n) is 7.92. The number of alkyl halides is 1. The molecule has 0 unspecified atom stereocenters. The van der Waals surface area contributed by atoms with Crippen LogP contribution in [0.4, 0.5) is 0 Å². The lowest BCUT2D eigenvalue weighted by molar-refractivity contribution is -0.176. The molecule has 2 aromatic rings. The molecule has 1 heterocycles. The molecule has 0 spiro atoms. The fourth-order valence-electron chi connectivity index (χ4n) is 5.07. The largest absolute Gasteiger partial charge is 0.495 e. The summed E-state index contributed by atoms with van der Waals surface area (Å²) in [5, 5.41) is 16.9. The SMILES string of the molecule is COc1ccc(C[C@H]2NC(=O)C=CC[C@@H]([C@H](C)[C@@H](Br)[C@H](O)c3ccccc3)OC(=O)[C@H](CC(C)C)OC(=O)[C@H](C)CNC2=O)cc1Cl. The van der Waals surface area contributed by atoms with Crippen molar-refractivity contribution < 1.29 is 38.5 Å². The maximum Gasteiger partial charge on any atom is 0.347 e. The van der Waals surface area contributed by atoms with Crippen molar-refractivity contribution >= 4 is 51.3 Å². The van der Waals surface area contributed by atoms with Crippen molar-refractivity contribution in [2.45, 2.75) is 76.1 Å². The molecule has 0 radical (unpaired) electrons. The molecule has 3 N–H and O–H groups in total. The van der Waals surface area contributed by atoms with E-state index >= 15 is 0 Å². The molecule has 0 bridgehead atoms. The fraction of sp³-hybridized carbons (Fsp3) is 0.486. The number of halogens is 2. The number of carbonyl (C=O) groups is 4. The Balaban J connectivity index is 1.92. The number of carbonyl (C=O) groups excluding carboxylic acids is 4. The van der Waals surface area contributed by atoms with E-state index in [1.165, 1.54) is 13.2 Å². The summed E-state index contributed by atoms with van der Waals surface area (Å²) in [5.41, 5.74) is 1.36. The molecular weight excluding hydrogens is 692 g/mol. The Kier molecular flexibility index (Phi) is 14.7. The van der Waals surface area contributed by atoms with Gasteiger partial charge in [0.25, 0.3) is 0 Å². The molecule has 47 heavy (non-hydrogen) atoms. The first-order chi connectivity index (χ1) is 22.3. The maximum atomic E-state index is 13.5. The van der Waals surface area contributed by atoms with Gasteiger partial charge in [-0.2, -0.15) is 0 Å². The summed E-state index contributed by atoms with van der Waals surface area (Å²) in [4.78, 5) is 52.5. The number of rotatable bonds is 9. The van der Waals surface area contributed by atoms with Gasteiger partial charge in [-0.15, -0.1) is 0 Å². The van der Waals surface area contributed by atoms with E-state index in [9.17, 15) is 24.3 Å². The van der Waals surface area contributed by atoms with E-state index in [4.69, 9.17) is 25.8 Å². The van der Waals surface area contributed by atoms with E-state index in [0.29, 0.717) is 21.9 Å². The summed E-state index contributed by atoms with van der Waals surface area (Å²) >= 11 is 9.90. The van der Waals surface area contributed by atoms with Crippen molar-refractivity contribution in [3.8, 4) is 5.75 Å². The standard InChI is InChI=1S/C35H44BrClN2O8/c1-20(2)16-29-35(44)46-27(22(4)31(36)32(41)24-10-7-6-8-11-24)12-9-13-30(40)39-26(33(42)38-19-21(3)34(43)47-29)18-23-14-15-28(45-5)25(37)17-23/h6-11,13-15,17,20-22,26-27,29,31-32,41H,12,16,18-19H2,1-5H3,(H,38,42)(H,39,40)/t21-,22+,26-,27+,29+,31-,32-/m1/s1. The Labute approximate surface area is 289 Å². The van der Waals surface area contributed by atoms with Crippen molar-refractivity contribution in [2.75, 3.05) is 13.7 Å². The lowest BCUT2D eigenvalue weighted by Crippen LogP contribution is -2.49. The zero-order valence-corrected chi connectivity index (χ0v) is 29.6. The number of esters is 2. The van der Waals surface area contributed by atoms with E-state index in [1.54, 1.807) is 43.3 Å². The number of cyclic esters (lactones) is 2. The first kappa shape index (κ1) is 38.0. The molecule has 3 rings (SSSR count). The van der Waals surface area contributed by atoms with Gasteiger partial charge in [-0.3, -0.25) is 14.4 Å². The van der Waals surface area contributed by atoms with Crippen LogP contribution in [0.5, 0.6) is 5.75 Å². The van der Waals surface area contributed by atoms with Crippen LogP contribution in [0.1, 0.15) is 57.8 Å². The number of hydrogen-bond acceptors (Lipinski definition) is 8. The minimum Gasteiger partial charge on any atom is -0.495 e. The molecule has 1 aliphatic rings. The number of nitrogens with one attached hydrogen (secondary N) is 2. The molecular formula is C35H44BrClN2O8. The lowest BCUT2D eigenvalue weighted by Gasteiger charge is -2.31. The molecule has 12 heteroatoms. The maximum absolute atomic E-state index is 13.5. The van der Waals surface area contributed by atoms with Gasteiger partial charge in [-0.25, -0.2) is 4.79 Å². The molecule has 2 amide bonds. The second-order valence-corrected chi connectivity index (χ2v) is 13.7. The average Bonchev–Trinajstić information content (AvgIpc) is 3.04. The monoisotopic (exact) mass is 734 g/mol. The van der Waals surface area contributed by atoms with Crippen LogP contribution in [0.2, 0.25) is 5.02 Å². The summed E-state index contributed by atoms with van der Waals surface area (Å²) < 4.78 is 16.8. The highest BCUT2D eigenvalue weighted by Crippen LogP contribution is 2.33. The Morgan fingerprint density at radius 1 is 1.04 bits per heavy atom. The van der Waals surface area contributed by atoms with Crippen LogP contribution in [0.15, 0.2) is 60.7 Å². The first-order valence-corrected chi connectivity index (χ1v) is 16.9. The Bertz CT molecular complexity index is 1410. The summed E-state index contributed by atoms with van der Waals surface area (Å²) in [6, 6.07) is 13.2. The second-order valence-electron chi connectivity index (χ2n) is 12.2. The zero-order chi connectivity index (χ0) is 34.7. The van der Waals surface area contributed by atoms with Crippen LogP contribution < -0.4 is 15.4 Å². The summed E-state index contributed by atoms with van der Waals surface area (Å²) in [7, 11) is 1.50. The normalized spacial score (nSPS) is 23.6. The topological polar surface area (TPSA) is 140 Å². The van der Waals surface area contributed by atoms with E-state index in [1.807, 2.05) is 39.0 Å². The van der Waals surface area contributed by atoms with Crippen molar-refractivity contribution in [2.24, 2.45) is 17.8 Å². The Morgan fingerprint density at radius 2 is 1.74 bits per heavy atom. The molecule has 7 atom stereocenters. The van der Waals surface area contributed by atoms with Gasteiger partial charge < -0.3 is 30.0 Å². The van der Waals surface area contributed by atoms with Gasteiger partial charge in [0.15, 0.2) is 6.10 Å². The number of amides is 2. The van der Waals surface area contributed by atoms with E-state index in [2.05, 4.69) is 26.6 Å². The van der Waals surface area contributed by atoms with E-state index in [0.717, 1.165) is 0 Å². The highest BCUT2D eigenvalue weighted by atomic mass is 79.9. The van der Waals surface area contributed by atoms with Gasteiger partial charge in [0, 0.05) is 25.3 Å². The van der Waals surface area contributed by atoms with E-state index < -0.39 is 64.8 Å². The molecule has 1 aliphatic heterocycles. The lowest BCUT2D eigenvalue weighted by atomic mass is 9.91. The third kappa shape index (κ3) is 11.4. The highest BCUT2D eigenvalue weighted by Gasteiger charge is 2.35. The first-order valence-electron chi connectivity index (χ1n) is 15.7. The van der Waals surface area contributed by atoms with Crippen molar-refractivity contribution in [1.82, 2.24) is 10.6 Å². The van der Waals surface area contributed by atoms with Gasteiger partial charge in [0.1, 0.15) is 17.9 Å². The molecule has 0 fully saturated rings. The smallest absolute Gasteiger partial charge is 0.347 e. The van der Waals surface area contributed by atoms with Crippen molar-refractivity contribution in [3.05, 3.63) is 76.8 Å². The van der Waals surface area contributed by atoms with Crippen LogP contribution >= 0.6 is 27.5 Å². The molecule has 10 nitrogen and oxygen atoms in total. The molecule has 0 saturated heterocycles. The fourth-order valence-corrected chi connectivity index (χ4v) is 6.00. The van der Waals surface area contributed by atoms with Gasteiger partial charge >= 0.3 is 11.9 Å². The van der Waals surface area contributed by atoms with Crippen LogP contribution in [-0.2, 0) is 35.1 Å².